The van der Waals surface area contributed by atoms with Gasteiger partial charge in [-0.05, 0) is 54.4 Å². The Balaban J connectivity index is 1.38. The fourth-order valence-electron chi connectivity index (χ4n) is 5.27. The van der Waals surface area contributed by atoms with E-state index in [9.17, 15) is 18.3 Å². The molecule has 2 heterocycles. The lowest BCUT2D eigenvalue weighted by molar-refractivity contribution is -0.158. The van der Waals surface area contributed by atoms with E-state index in [0.29, 0.717) is 5.56 Å². The van der Waals surface area contributed by atoms with Crippen LogP contribution >= 0.6 is 0 Å². The molecule has 37 heavy (non-hydrogen) atoms. The molecule has 2 aliphatic heterocycles. The fourth-order valence-corrected chi connectivity index (χ4v) is 6.90. The Labute approximate surface area is 217 Å². The molecule has 1 amide bonds. The summed E-state index contributed by atoms with van der Waals surface area (Å²) in [5.41, 5.74) is 3.25. The molecule has 0 bridgehead atoms. The Hall–Kier alpha value is -3.64. The Morgan fingerprint density at radius 1 is 1.00 bits per heavy atom. The van der Waals surface area contributed by atoms with Gasteiger partial charge in [0.05, 0.1) is 37.2 Å². The first-order valence-corrected chi connectivity index (χ1v) is 13.5. The van der Waals surface area contributed by atoms with Crippen LogP contribution < -0.4 is 4.74 Å². The number of hydrogen-bond acceptors (Lipinski definition) is 5. The van der Waals surface area contributed by atoms with E-state index in [0.717, 1.165) is 22.4 Å². The normalized spacial score (nSPS) is 21.4. The summed E-state index contributed by atoms with van der Waals surface area (Å²) in [6.07, 6.45) is 0. The average molecular weight is 517 g/mol. The molecule has 2 fully saturated rings. The molecular formula is C29H28N2O5S. The molecule has 0 radical (unpaired) electrons. The van der Waals surface area contributed by atoms with Crippen LogP contribution in [0.3, 0.4) is 0 Å². The number of methoxy groups -OCH3 is 1. The molecule has 5 rings (SSSR count). The van der Waals surface area contributed by atoms with Gasteiger partial charge < -0.3 is 14.7 Å². The standard InChI is InChI=1S/C29H28N2O5S/c1-20-6-3-4-9-27(20)37(34,35)30-17-25-29(26(19-32)31(25)28(33)18-30)23-14-12-21(13-15-23)10-11-22-7-5-8-24(16-22)36-2/h3-9,12-16,25-26,29,32H,17-19H2,1-2H3/t25-,26-,29-/m1/s1. The number of rotatable bonds is 5. The Bertz CT molecular complexity index is 1490. The monoisotopic (exact) mass is 516 g/mol. The number of piperazine rings is 1. The molecule has 8 heteroatoms. The summed E-state index contributed by atoms with van der Waals surface area (Å²) in [5, 5.41) is 10.1. The SMILES string of the molecule is COc1cccc(C#Cc2ccc([C@H]3[C@@H](CO)N4C(=O)CN(S(=O)(=O)c5ccccc5C)C[C@H]34)cc2)c1. The molecule has 0 saturated carbocycles. The van der Waals surface area contributed by atoms with Crippen molar-refractivity contribution in [3.8, 4) is 17.6 Å². The van der Waals surface area contributed by atoms with Crippen molar-refractivity contribution >= 4 is 15.9 Å². The molecular weight excluding hydrogens is 488 g/mol. The zero-order valence-corrected chi connectivity index (χ0v) is 21.5. The molecule has 0 aliphatic carbocycles. The number of ether oxygens (including phenoxy) is 1. The number of sulfonamides is 1. The molecule has 0 aromatic heterocycles. The van der Waals surface area contributed by atoms with Gasteiger partial charge in [-0.15, -0.1) is 0 Å². The summed E-state index contributed by atoms with van der Waals surface area (Å²) < 4.78 is 33.3. The second kappa shape index (κ2) is 10.0. The number of aliphatic hydroxyl groups excluding tert-OH is 1. The molecule has 3 aromatic rings. The molecule has 2 saturated heterocycles. The zero-order chi connectivity index (χ0) is 26.2. The van der Waals surface area contributed by atoms with Gasteiger partial charge in [0.2, 0.25) is 15.9 Å². The van der Waals surface area contributed by atoms with E-state index >= 15 is 0 Å². The number of carbonyl (C=O) groups is 1. The summed E-state index contributed by atoms with van der Waals surface area (Å²) in [6, 6.07) is 21.3. The molecule has 0 spiro atoms. The lowest BCUT2D eigenvalue weighted by atomic mass is 9.74. The van der Waals surface area contributed by atoms with E-state index in [1.54, 1.807) is 43.2 Å². The number of fused-ring (bicyclic) bond motifs is 1. The van der Waals surface area contributed by atoms with E-state index in [4.69, 9.17) is 4.74 Å². The quantitative estimate of drug-likeness (QED) is 0.527. The van der Waals surface area contributed by atoms with E-state index in [1.165, 1.54) is 4.31 Å². The van der Waals surface area contributed by atoms with Crippen LogP contribution in [0.2, 0.25) is 0 Å². The van der Waals surface area contributed by atoms with Crippen LogP contribution in [-0.2, 0) is 14.8 Å². The molecule has 1 N–H and O–H groups in total. The highest BCUT2D eigenvalue weighted by molar-refractivity contribution is 7.89. The lowest BCUT2D eigenvalue weighted by Gasteiger charge is -2.58. The third-order valence-electron chi connectivity index (χ3n) is 7.15. The van der Waals surface area contributed by atoms with Crippen LogP contribution in [0, 0.1) is 18.8 Å². The van der Waals surface area contributed by atoms with Gasteiger partial charge in [0.1, 0.15) is 5.75 Å². The smallest absolute Gasteiger partial charge is 0.243 e. The minimum atomic E-state index is -3.83. The van der Waals surface area contributed by atoms with E-state index in [-0.39, 0.29) is 48.5 Å². The van der Waals surface area contributed by atoms with Crippen molar-refractivity contribution in [2.75, 3.05) is 26.8 Å². The van der Waals surface area contributed by atoms with Crippen LogP contribution in [0.15, 0.2) is 77.7 Å². The predicted octanol–water partition coefficient (Wildman–Crippen LogP) is 2.76. The van der Waals surface area contributed by atoms with Crippen LogP contribution in [-0.4, -0.2) is 67.5 Å². The van der Waals surface area contributed by atoms with Crippen molar-refractivity contribution in [2.45, 2.75) is 29.8 Å². The Morgan fingerprint density at radius 2 is 1.73 bits per heavy atom. The molecule has 0 unspecified atom stereocenters. The van der Waals surface area contributed by atoms with Gasteiger partial charge in [0.25, 0.3) is 0 Å². The van der Waals surface area contributed by atoms with Crippen molar-refractivity contribution < 1.29 is 23.1 Å². The predicted molar refractivity (Wildman–Crippen MR) is 140 cm³/mol. The molecule has 3 aromatic carbocycles. The topological polar surface area (TPSA) is 87.2 Å². The minimum Gasteiger partial charge on any atom is -0.497 e. The van der Waals surface area contributed by atoms with Gasteiger partial charge in [-0.25, -0.2) is 8.42 Å². The van der Waals surface area contributed by atoms with Crippen molar-refractivity contribution in [2.24, 2.45) is 0 Å². The number of hydrogen-bond donors (Lipinski definition) is 1. The van der Waals surface area contributed by atoms with Crippen LogP contribution in [0.25, 0.3) is 0 Å². The number of aryl methyl sites for hydroxylation is 1. The maximum Gasteiger partial charge on any atom is 0.243 e. The first-order valence-electron chi connectivity index (χ1n) is 12.1. The summed E-state index contributed by atoms with van der Waals surface area (Å²) in [7, 11) is -2.21. The highest BCUT2D eigenvalue weighted by Crippen LogP contribution is 2.43. The highest BCUT2D eigenvalue weighted by atomic mass is 32.2. The van der Waals surface area contributed by atoms with Crippen molar-refractivity contribution in [1.82, 2.24) is 9.21 Å². The first-order chi connectivity index (χ1) is 17.8. The third kappa shape index (κ3) is 4.62. The van der Waals surface area contributed by atoms with Crippen LogP contribution in [0.4, 0.5) is 0 Å². The van der Waals surface area contributed by atoms with Crippen molar-refractivity contribution in [3.63, 3.8) is 0 Å². The number of amides is 1. The van der Waals surface area contributed by atoms with Gasteiger partial charge >= 0.3 is 0 Å². The second-order valence-electron chi connectivity index (χ2n) is 9.31. The Kier molecular flexibility index (Phi) is 6.78. The summed E-state index contributed by atoms with van der Waals surface area (Å²) in [4.78, 5) is 14.8. The van der Waals surface area contributed by atoms with Crippen LogP contribution in [0.5, 0.6) is 5.75 Å². The average Bonchev–Trinajstić information content (AvgIpc) is 2.89. The molecule has 2 aliphatic rings. The number of carbonyl (C=O) groups excluding carboxylic acids is 1. The lowest BCUT2D eigenvalue weighted by Crippen LogP contribution is -2.73. The largest absolute Gasteiger partial charge is 0.497 e. The van der Waals surface area contributed by atoms with Crippen LogP contribution in [0.1, 0.15) is 28.2 Å². The van der Waals surface area contributed by atoms with Gasteiger partial charge in [-0.2, -0.15) is 4.31 Å². The third-order valence-corrected chi connectivity index (χ3v) is 9.12. The molecule has 7 nitrogen and oxygen atoms in total. The minimum absolute atomic E-state index is 0.177. The second-order valence-corrected chi connectivity index (χ2v) is 11.2. The molecule has 3 atom stereocenters. The summed E-state index contributed by atoms with van der Waals surface area (Å²) >= 11 is 0. The maximum absolute atomic E-state index is 13.4. The zero-order valence-electron chi connectivity index (χ0n) is 20.7. The van der Waals surface area contributed by atoms with E-state index < -0.39 is 10.0 Å². The fraction of sp³-hybridized carbons (Fsp3) is 0.276. The van der Waals surface area contributed by atoms with E-state index in [2.05, 4.69) is 11.8 Å². The van der Waals surface area contributed by atoms with Gasteiger partial charge in [-0.3, -0.25) is 4.79 Å². The number of aliphatic hydroxyl groups is 1. The first kappa shape index (κ1) is 25.0. The Morgan fingerprint density at radius 3 is 2.43 bits per heavy atom. The van der Waals surface area contributed by atoms with Crippen molar-refractivity contribution in [3.05, 3.63) is 95.1 Å². The van der Waals surface area contributed by atoms with Crippen molar-refractivity contribution in [1.29, 1.82) is 0 Å². The van der Waals surface area contributed by atoms with Gasteiger partial charge in [0, 0.05) is 23.6 Å². The van der Waals surface area contributed by atoms with Gasteiger partial charge in [0.15, 0.2) is 0 Å². The highest BCUT2D eigenvalue weighted by Gasteiger charge is 2.55. The summed E-state index contributed by atoms with van der Waals surface area (Å²) in [6.45, 7) is 1.52. The summed E-state index contributed by atoms with van der Waals surface area (Å²) in [5.74, 6) is 6.55. The van der Waals surface area contributed by atoms with E-state index in [1.807, 2.05) is 48.5 Å². The molecule has 190 valence electrons. The van der Waals surface area contributed by atoms with Gasteiger partial charge in [-0.1, -0.05) is 48.2 Å². The number of nitrogens with zero attached hydrogens (tertiary/aromatic N) is 2. The number of benzene rings is 3. The maximum atomic E-state index is 13.4.